The molecule has 0 spiro atoms. The second-order valence-electron chi connectivity index (χ2n) is 9.05. The number of piperidine rings is 1. The van der Waals surface area contributed by atoms with Gasteiger partial charge in [-0.05, 0) is 36.4 Å². The van der Waals surface area contributed by atoms with E-state index in [9.17, 15) is 9.59 Å². The van der Waals surface area contributed by atoms with Gasteiger partial charge in [0.25, 0.3) is 11.8 Å². The maximum absolute atomic E-state index is 13.1. The predicted molar refractivity (Wildman–Crippen MR) is 138 cm³/mol. The van der Waals surface area contributed by atoms with E-state index in [1.807, 2.05) is 60.7 Å². The molecule has 3 N–H and O–H groups in total. The highest BCUT2D eigenvalue weighted by Gasteiger charge is 2.57. The Bertz CT molecular complexity index is 1420. The standard InChI is InChI=1S/C27H24N8O2/c36-24(21-11-13-28-26(32-21)30-17-7-3-1-4-8-17)34-23-19-15-35(16-20(19)23)25(37)22-12-14-29-27(33-22)31-18-9-5-2-6-10-18/h1-14,19-20,23H,15-16H2,(H,34,36)(H,28,30,32)(H,29,31,33)/t19-,20?,23+/m0/s1. The van der Waals surface area contributed by atoms with E-state index in [2.05, 4.69) is 35.9 Å². The average Bonchev–Trinajstić information content (AvgIpc) is 3.36. The first-order valence-electron chi connectivity index (χ1n) is 12.0. The highest BCUT2D eigenvalue weighted by molar-refractivity contribution is 5.94. The SMILES string of the molecule is O=C(N[C@H]1C2CN(C(=O)c3ccnc(Nc4ccccc4)n3)C[C@@H]21)c1ccnc(Nc2ccccc2)n1. The lowest BCUT2D eigenvalue weighted by molar-refractivity contribution is 0.0763. The Morgan fingerprint density at radius 3 is 1.78 bits per heavy atom. The van der Waals surface area contributed by atoms with Crippen LogP contribution >= 0.6 is 0 Å². The first-order chi connectivity index (χ1) is 18.1. The molecule has 3 heterocycles. The number of amides is 2. The topological polar surface area (TPSA) is 125 Å². The molecule has 1 aliphatic carbocycles. The lowest BCUT2D eigenvalue weighted by atomic mass is 10.3. The van der Waals surface area contributed by atoms with E-state index in [1.165, 1.54) is 0 Å². The third-order valence-electron chi connectivity index (χ3n) is 6.60. The maximum Gasteiger partial charge on any atom is 0.272 e. The van der Waals surface area contributed by atoms with E-state index in [0.29, 0.717) is 36.4 Å². The number of carbonyl (C=O) groups is 2. The smallest absolute Gasteiger partial charge is 0.272 e. The number of likely N-dealkylation sites (tertiary alicyclic amines) is 1. The lowest BCUT2D eigenvalue weighted by Gasteiger charge is -2.20. The zero-order chi connectivity index (χ0) is 25.2. The van der Waals surface area contributed by atoms with Crippen molar-refractivity contribution in [2.45, 2.75) is 6.04 Å². The van der Waals surface area contributed by atoms with Crippen molar-refractivity contribution in [3.8, 4) is 0 Å². The van der Waals surface area contributed by atoms with Gasteiger partial charge in [-0.2, -0.15) is 0 Å². The summed E-state index contributed by atoms with van der Waals surface area (Å²) in [5.74, 6) is 0.794. The Kier molecular flexibility index (Phi) is 5.89. The van der Waals surface area contributed by atoms with Gasteiger partial charge < -0.3 is 20.9 Å². The van der Waals surface area contributed by atoms with Crippen LogP contribution < -0.4 is 16.0 Å². The number of hydrogen-bond acceptors (Lipinski definition) is 8. The molecule has 10 heteroatoms. The van der Waals surface area contributed by atoms with Crippen LogP contribution in [0.25, 0.3) is 0 Å². The summed E-state index contributed by atoms with van der Waals surface area (Å²) in [6.07, 6.45) is 3.14. The molecular weight excluding hydrogens is 468 g/mol. The number of nitrogens with one attached hydrogen (secondary N) is 3. The number of para-hydroxylation sites is 2. The van der Waals surface area contributed by atoms with E-state index in [0.717, 1.165) is 11.4 Å². The Morgan fingerprint density at radius 2 is 1.22 bits per heavy atom. The summed E-state index contributed by atoms with van der Waals surface area (Å²) in [4.78, 5) is 44.8. The van der Waals surface area contributed by atoms with Crippen LogP contribution in [0.5, 0.6) is 0 Å². The number of nitrogens with zero attached hydrogens (tertiary/aromatic N) is 5. The molecule has 1 saturated carbocycles. The molecule has 10 nitrogen and oxygen atoms in total. The Hall–Kier alpha value is -4.86. The molecule has 184 valence electrons. The van der Waals surface area contributed by atoms with Crippen LogP contribution in [-0.2, 0) is 0 Å². The quantitative estimate of drug-likeness (QED) is 0.359. The van der Waals surface area contributed by atoms with Gasteiger partial charge in [0.05, 0.1) is 0 Å². The summed E-state index contributed by atoms with van der Waals surface area (Å²) < 4.78 is 0. The molecule has 1 aliphatic heterocycles. The number of hydrogen-bond donors (Lipinski definition) is 3. The van der Waals surface area contributed by atoms with Gasteiger partial charge in [-0.3, -0.25) is 9.59 Å². The Labute approximate surface area is 213 Å². The molecule has 2 aliphatic rings. The largest absolute Gasteiger partial charge is 0.347 e. The Morgan fingerprint density at radius 1 is 0.703 bits per heavy atom. The molecule has 2 aromatic carbocycles. The summed E-state index contributed by atoms with van der Waals surface area (Å²) in [6, 6.07) is 22.3. The summed E-state index contributed by atoms with van der Waals surface area (Å²) in [5, 5.41) is 9.28. The minimum atomic E-state index is -0.247. The number of fused-ring (bicyclic) bond motifs is 1. The normalized spacial score (nSPS) is 19.6. The first-order valence-corrected chi connectivity index (χ1v) is 12.0. The minimum absolute atomic E-state index is 0.0257. The van der Waals surface area contributed by atoms with Crippen LogP contribution in [0.2, 0.25) is 0 Å². The molecule has 2 amide bonds. The van der Waals surface area contributed by atoms with Crippen LogP contribution in [0.3, 0.4) is 0 Å². The number of aromatic nitrogens is 4. The van der Waals surface area contributed by atoms with E-state index < -0.39 is 0 Å². The van der Waals surface area contributed by atoms with Crippen molar-refractivity contribution in [1.82, 2.24) is 30.2 Å². The zero-order valence-corrected chi connectivity index (χ0v) is 19.8. The van der Waals surface area contributed by atoms with Gasteiger partial charge in [-0.15, -0.1) is 0 Å². The van der Waals surface area contributed by atoms with Crippen molar-refractivity contribution in [3.05, 3.63) is 96.6 Å². The van der Waals surface area contributed by atoms with Gasteiger partial charge in [0, 0.05) is 54.7 Å². The van der Waals surface area contributed by atoms with E-state index in [4.69, 9.17) is 0 Å². The summed E-state index contributed by atoms with van der Waals surface area (Å²) in [6.45, 7) is 1.15. The van der Waals surface area contributed by atoms with Crippen LogP contribution in [0.4, 0.5) is 23.3 Å². The number of carbonyl (C=O) groups excluding carboxylic acids is 2. The molecule has 4 aromatic rings. The highest BCUT2D eigenvalue weighted by Crippen LogP contribution is 2.45. The summed E-state index contributed by atoms with van der Waals surface area (Å²) >= 11 is 0. The van der Waals surface area contributed by atoms with E-state index >= 15 is 0 Å². The molecule has 1 unspecified atom stereocenters. The van der Waals surface area contributed by atoms with Crippen LogP contribution in [0.1, 0.15) is 21.0 Å². The van der Waals surface area contributed by atoms with E-state index in [-0.39, 0.29) is 29.7 Å². The highest BCUT2D eigenvalue weighted by atomic mass is 16.2. The summed E-state index contributed by atoms with van der Waals surface area (Å²) in [5.41, 5.74) is 2.33. The third kappa shape index (κ3) is 4.94. The van der Waals surface area contributed by atoms with Crippen LogP contribution in [-0.4, -0.2) is 55.8 Å². The molecule has 3 atom stereocenters. The molecule has 6 rings (SSSR count). The molecule has 0 radical (unpaired) electrons. The van der Waals surface area contributed by atoms with Gasteiger partial charge in [0.1, 0.15) is 11.4 Å². The van der Waals surface area contributed by atoms with Crippen molar-refractivity contribution >= 4 is 35.1 Å². The van der Waals surface area contributed by atoms with Crippen molar-refractivity contribution in [3.63, 3.8) is 0 Å². The fourth-order valence-electron chi connectivity index (χ4n) is 4.68. The van der Waals surface area contributed by atoms with Crippen molar-refractivity contribution in [2.75, 3.05) is 23.7 Å². The fraction of sp³-hybridized carbons (Fsp3) is 0.185. The van der Waals surface area contributed by atoms with Crippen molar-refractivity contribution in [2.24, 2.45) is 11.8 Å². The predicted octanol–water partition coefficient (Wildman–Crippen LogP) is 3.25. The van der Waals surface area contributed by atoms with Gasteiger partial charge in [-0.25, -0.2) is 19.9 Å². The zero-order valence-electron chi connectivity index (χ0n) is 19.8. The second-order valence-corrected chi connectivity index (χ2v) is 9.05. The number of benzene rings is 2. The number of anilines is 4. The molecule has 2 fully saturated rings. The molecule has 37 heavy (non-hydrogen) atoms. The van der Waals surface area contributed by atoms with Gasteiger partial charge in [-0.1, -0.05) is 36.4 Å². The van der Waals surface area contributed by atoms with Gasteiger partial charge in [0.15, 0.2) is 0 Å². The van der Waals surface area contributed by atoms with E-state index in [1.54, 1.807) is 29.4 Å². The maximum atomic E-state index is 13.1. The van der Waals surface area contributed by atoms with Crippen molar-refractivity contribution < 1.29 is 9.59 Å². The van der Waals surface area contributed by atoms with Crippen LogP contribution in [0.15, 0.2) is 85.2 Å². The minimum Gasteiger partial charge on any atom is -0.347 e. The molecule has 0 bridgehead atoms. The third-order valence-corrected chi connectivity index (χ3v) is 6.60. The fourth-order valence-corrected chi connectivity index (χ4v) is 4.68. The van der Waals surface area contributed by atoms with Crippen LogP contribution in [0, 0.1) is 11.8 Å². The second kappa shape index (κ2) is 9.65. The summed E-state index contributed by atoms with van der Waals surface area (Å²) in [7, 11) is 0. The Balaban J connectivity index is 1.04. The molecule has 1 saturated heterocycles. The lowest BCUT2D eigenvalue weighted by Crippen LogP contribution is -2.38. The molecule has 2 aromatic heterocycles. The average molecular weight is 493 g/mol. The monoisotopic (exact) mass is 492 g/mol. The van der Waals surface area contributed by atoms with Gasteiger partial charge >= 0.3 is 0 Å². The van der Waals surface area contributed by atoms with Crippen molar-refractivity contribution in [1.29, 1.82) is 0 Å². The first kappa shape index (κ1) is 22.6. The van der Waals surface area contributed by atoms with Gasteiger partial charge in [0.2, 0.25) is 11.9 Å². The molecular formula is C27H24N8O2. The number of rotatable bonds is 7.